The molecule has 0 bridgehead atoms. The summed E-state index contributed by atoms with van der Waals surface area (Å²) >= 11 is 0. The van der Waals surface area contributed by atoms with Crippen LogP contribution in [0.2, 0.25) is 0 Å². The average Bonchev–Trinajstić information content (AvgIpc) is 2.42. The van der Waals surface area contributed by atoms with Crippen LogP contribution in [0.3, 0.4) is 0 Å². The third kappa shape index (κ3) is 5.39. The van der Waals surface area contributed by atoms with E-state index in [-0.39, 0.29) is 5.54 Å². The first kappa shape index (κ1) is 18.0. The summed E-state index contributed by atoms with van der Waals surface area (Å²) in [6.07, 6.45) is 11.4. The Balaban J connectivity index is 2.59. The van der Waals surface area contributed by atoms with Crippen molar-refractivity contribution in [2.24, 2.45) is 17.3 Å². The van der Waals surface area contributed by atoms with Crippen LogP contribution in [-0.4, -0.2) is 12.1 Å². The van der Waals surface area contributed by atoms with Crippen molar-refractivity contribution in [2.45, 2.75) is 98.4 Å². The molecule has 20 heavy (non-hydrogen) atoms. The van der Waals surface area contributed by atoms with E-state index in [1.807, 2.05) is 0 Å². The van der Waals surface area contributed by atoms with Gasteiger partial charge in [-0.2, -0.15) is 0 Å². The molecule has 0 aromatic heterocycles. The van der Waals surface area contributed by atoms with Crippen molar-refractivity contribution in [1.29, 1.82) is 0 Å². The summed E-state index contributed by atoms with van der Waals surface area (Å²) in [5.41, 5.74) is 0.810. The van der Waals surface area contributed by atoms with E-state index in [0.717, 1.165) is 11.8 Å². The minimum atomic E-state index is 0.250. The maximum absolute atomic E-state index is 3.81. The van der Waals surface area contributed by atoms with Gasteiger partial charge in [0.05, 0.1) is 0 Å². The van der Waals surface area contributed by atoms with Gasteiger partial charge in [-0.25, -0.2) is 0 Å². The first-order valence-electron chi connectivity index (χ1n) is 9.08. The highest BCUT2D eigenvalue weighted by Crippen LogP contribution is 2.46. The molecule has 0 saturated heterocycles. The van der Waals surface area contributed by atoms with E-state index < -0.39 is 0 Å². The average molecular weight is 282 g/mol. The first-order valence-corrected chi connectivity index (χ1v) is 9.08. The Morgan fingerprint density at radius 1 is 1.15 bits per heavy atom. The molecule has 1 saturated carbocycles. The first-order chi connectivity index (χ1) is 9.33. The van der Waals surface area contributed by atoms with E-state index in [9.17, 15) is 0 Å². The molecule has 0 heterocycles. The van der Waals surface area contributed by atoms with Crippen LogP contribution in [-0.2, 0) is 0 Å². The Hall–Kier alpha value is -0.0400. The minimum Gasteiger partial charge on any atom is -0.312 e. The summed E-state index contributed by atoms with van der Waals surface area (Å²) < 4.78 is 0. The molecule has 1 atom stereocenters. The summed E-state index contributed by atoms with van der Waals surface area (Å²) in [5, 5.41) is 3.81. The van der Waals surface area contributed by atoms with Gasteiger partial charge in [0.2, 0.25) is 0 Å². The van der Waals surface area contributed by atoms with Gasteiger partial charge in [-0.05, 0) is 63.7 Å². The van der Waals surface area contributed by atoms with Gasteiger partial charge in [-0.3, -0.25) is 0 Å². The maximum atomic E-state index is 3.81. The molecule has 1 heteroatoms. The lowest BCUT2D eigenvalue weighted by molar-refractivity contribution is 0.0675. The Labute approximate surface area is 128 Å². The molecule has 1 N–H and O–H groups in total. The number of hydrogen-bond acceptors (Lipinski definition) is 1. The van der Waals surface area contributed by atoms with Crippen molar-refractivity contribution < 1.29 is 0 Å². The molecule has 0 spiro atoms. The quantitative estimate of drug-likeness (QED) is 0.623. The second-order valence-corrected chi connectivity index (χ2v) is 8.36. The molecule has 1 unspecified atom stereocenters. The zero-order valence-corrected chi connectivity index (χ0v) is 15.0. The predicted octanol–water partition coefficient (Wildman–Crippen LogP) is 5.79. The van der Waals surface area contributed by atoms with E-state index in [2.05, 4.69) is 46.9 Å². The van der Waals surface area contributed by atoms with Crippen molar-refractivity contribution in [2.75, 3.05) is 6.54 Å². The lowest BCUT2D eigenvalue weighted by Crippen LogP contribution is -2.48. The van der Waals surface area contributed by atoms with E-state index >= 15 is 0 Å². The van der Waals surface area contributed by atoms with Crippen molar-refractivity contribution in [3.8, 4) is 0 Å². The number of rotatable bonds is 7. The summed E-state index contributed by atoms with van der Waals surface area (Å²) in [5.74, 6) is 1.87. The van der Waals surface area contributed by atoms with Gasteiger partial charge in [0, 0.05) is 12.1 Å². The van der Waals surface area contributed by atoms with Gasteiger partial charge in [-0.15, -0.1) is 0 Å². The molecule has 1 fully saturated rings. The number of nitrogens with one attached hydrogen (secondary N) is 1. The largest absolute Gasteiger partial charge is 0.312 e. The Kier molecular flexibility index (Phi) is 7.04. The van der Waals surface area contributed by atoms with Crippen molar-refractivity contribution in [3.63, 3.8) is 0 Å². The number of hydrogen-bond donors (Lipinski definition) is 1. The van der Waals surface area contributed by atoms with Gasteiger partial charge in [0.15, 0.2) is 0 Å². The summed E-state index contributed by atoms with van der Waals surface area (Å²) in [6, 6.07) is 0. The highest BCUT2D eigenvalue weighted by molar-refractivity contribution is 4.92. The minimum absolute atomic E-state index is 0.250. The standard InChI is InChI=1S/C19H39N/c1-7-9-10-17-11-13-19(14-12-17,16(3)8-2)15-20-18(4,5)6/h16-17,20H,7-15H2,1-6H3. The van der Waals surface area contributed by atoms with Crippen molar-refractivity contribution in [1.82, 2.24) is 5.32 Å². The highest BCUT2D eigenvalue weighted by atomic mass is 15.0. The molecule has 0 aromatic rings. The molecule has 0 aromatic carbocycles. The molecule has 0 radical (unpaired) electrons. The van der Waals surface area contributed by atoms with Crippen LogP contribution in [0.15, 0.2) is 0 Å². The van der Waals surface area contributed by atoms with Crippen LogP contribution in [0.5, 0.6) is 0 Å². The maximum Gasteiger partial charge on any atom is 0.00967 e. The second kappa shape index (κ2) is 7.82. The molecule has 120 valence electrons. The predicted molar refractivity (Wildman–Crippen MR) is 91.1 cm³/mol. The molecule has 0 amide bonds. The Morgan fingerprint density at radius 2 is 1.75 bits per heavy atom. The molecule has 1 rings (SSSR count). The van der Waals surface area contributed by atoms with E-state index in [0.29, 0.717) is 5.41 Å². The zero-order chi connectivity index (χ0) is 15.2. The van der Waals surface area contributed by atoms with Gasteiger partial charge < -0.3 is 5.32 Å². The van der Waals surface area contributed by atoms with Crippen molar-refractivity contribution >= 4 is 0 Å². The van der Waals surface area contributed by atoms with Gasteiger partial charge in [-0.1, -0.05) is 46.5 Å². The lowest BCUT2D eigenvalue weighted by Gasteiger charge is -2.46. The van der Waals surface area contributed by atoms with E-state index in [1.165, 1.54) is 57.9 Å². The SMILES string of the molecule is CCCCC1CCC(CNC(C)(C)C)(C(C)CC)CC1. The third-order valence-corrected chi connectivity index (χ3v) is 5.70. The zero-order valence-electron chi connectivity index (χ0n) is 15.0. The lowest BCUT2D eigenvalue weighted by atomic mass is 9.62. The smallest absolute Gasteiger partial charge is 0.00967 e. The van der Waals surface area contributed by atoms with Crippen LogP contribution in [0.25, 0.3) is 0 Å². The second-order valence-electron chi connectivity index (χ2n) is 8.36. The van der Waals surface area contributed by atoms with Gasteiger partial charge in [0.1, 0.15) is 0 Å². The molecular weight excluding hydrogens is 242 g/mol. The van der Waals surface area contributed by atoms with Crippen LogP contribution in [0.1, 0.15) is 92.9 Å². The van der Waals surface area contributed by atoms with Crippen LogP contribution in [0.4, 0.5) is 0 Å². The van der Waals surface area contributed by atoms with E-state index in [1.54, 1.807) is 0 Å². The monoisotopic (exact) mass is 281 g/mol. The summed E-state index contributed by atoms with van der Waals surface area (Å²) in [4.78, 5) is 0. The van der Waals surface area contributed by atoms with Crippen molar-refractivity contribution in [3.05, 3.63) is 0 Å². The third-order valence-electron chi connectivity index (χ3n) is 5.70. The van der Waals surface area contributed by atoms with Crippen LogP contribution >= 0.6 is 0 Å². The Bertz CT molecular complexity index is 255. The summed E-state index contributed by atoms with van der Waals surface area (Å²) in [6.45, 7) is 15.3. The molecular formula is C19H39N. The number of unbranched alkanes of at least 4 members (excludes halogenated alkanes) is 1. The van der Waals surface area contributed by atoms with Crippen LogP contribution < -0.4 is 5.32 Å². The van der Waals surface area contributed by atoms with Gasteiger partial charge >= 0.3 is 0 Å². The van der Waals surface area contributed by atoms with E-state index in [4.69, 9.17) is 0 Å². The molecule has 1 nitrogen and oxygen atoms in total. The normalized spacial score (nSPS) is 29.4. The summed E-state index contributed by atoms with van der Waals surface area (Å²) in [7, 11) is 0. The molecule has 0 aliphatic heterocycles. The molecule has 1 aliphatic carbocycles. The highest BCUT2D eigenvalue weighted by Gasteiger charge is 2.39. The topological polar surface area (TPSA) is 12.0 Å². The fourth-order valence-corrected chi connectivity index (χ4v) is 3.75. The van der Waals surface area contributed by atoms with Crippen LogP contribution in [0, 0.1) is 17.3 Å². The molecule has 1 aliphatic rings. The fourth-order valence-electron chi connectivity index (χ4n) is 3.75. The van der Waals surface area contributed by atoms with Gasteiger partial charge in [0.25, 0.3) is 0 Å². The Morgan fingerprint density at radius 3 is 2.20 bits per heavy atom. The fraction of sp³-hybridized carbons (Fsp3) is 1.00.